The van der Waals surface area contributed by atoms with E-state index in [0.29, 0.717) is 28.9 Å². The van der Waals surface area contributed by atoms with Crippen LogP contribution in [0, 0.1) is 0 Å². The van der Waals surface area contributed by atoms with Gasteiger partial charge in [-0.1, -0.05) is 0 Å². The van der Waals surface area contributed by atoms with Crippen molar-refractivity contribution in [1.29, 1.82) is 0 Å². The third-order valence-corrected chi connectivity index (χ3v) is 3.37. The normalized spacial score (nSPS) is 10.9. The topological polar surface area (TPSA) is 82.7 Å². The highest BCUT2D eigenvalue weighted by Gasteiger charge is 2.15. The molecule has 1 aromatic heterocycles. The van der Waals surface area contributed by atoms with Crippen LogP contribution in [0.5, 0.6) is 11.5 Å². The minimum absolute atomic E-state index is 0.0397. The van der Waals surface area contributed by atoms with Crippen molar-refractivity contribution in [2.45, 2.75) is 20.0 Å². The molecule has 1 heterocycles. The molecule has 0 spiro atoms. The Labute approximate surface area is 121 Å². The summed E-state index contributed by atoms with van der Waals surface area (Å²) in [5.41, 5.74) is -0.412. The van der Waals surface area contributed by atoms with Crippen LogP contribution >= 0.6 is 0 Å². The van der Waals surface area contributed by atoms with E-state index in [0.717, 1.165) is 4.57 Å². The number of aryl methyl sites for hydroxylation is 1. The molecule has 2 aromatic rings. The summed E-state index contributed by atoms with van der Waals surface area (Å²) in [6.07, 6.45) is 0. The first-order valence-corrected chi connectivity index (χ1v) is 6.59. The maximum absolute atomic E-state index is 12.4. The van der Waals surface area contributed by atoms with Gasteiger partial charge in [-0.25, -0.2) is 4.79 Å². The number of ether oxygens (including phenoxy) is 2. The zero-order valence-electron chi connectivity index (χ0n) is 12.3. The average molecular weight is 294 g/mol. The number of rotatable bonds is 5. The molecular weight excluding hydrogens is 276 g/mol. The highest BCUT2D eigenvalue weighted by atomic mass is 16.5. The second-order valence-corrected chi connectivity index (χ2v) is 4.43. The van der Waals surface area contributed by atoms with Gasteiger partial charge in [0, 0.05) is 12.6 Å². The maximum atomic E-state index is 12.4. The molecule has 0 saturated heterocycles. The van der Waals surface area contributed by atoms with E-state index >= 15 is 0 Å². The largest absolute Gasteiger partial charge is 0.493 e. The van der Waals surface area contributed by atoms with Gasteiger partial charge in [0.2, 0.25) is 0 Å². The summed E-state index contributed by atoms with van der Waals surface area (Å²) < 4.78 is 12.9. The molecule has 0 atom stereocenters. The lowest BCUT2D eigenvalue weighted by Crippen LogP contribution is -2.40. The van der Waals surface area contributed by atoms with Gasteiger partial charge in [-0.05, 0) is 13.0 Å². The number of fused-ring (bicyclic) bond motifs is 1. The lowest BCUT2D eigenvalue weighted by molar-refractivity contribution is 0.270. The third kappa shape index (κ3) is 2.40. The predicted octanol–water partition coefficient (Wildman–Crippen LogP) is 0.193. The Hall–Kier alpha value is -2.28. The molecule has 114 valence electrons. The van der Waals surface area contributed by atoms with E-state index in [1.54, 1.807) is 12.1 Å². The van der Waals surface area contributed by atoms with Crippen molar-refractivity contribution in [3.63, 3.8) is 0 Å². The fourth-order valence-electron chi connectivity index (χ4n) is 2.35. The zero-order valence-corrected chi connectivity index (χ0v) is 12.3. The van der Waals surface area contributed by atoms with Crippen LogP contribution in [0.3, 0.4) is 0 Å². The summed E-state index contributed by atoms with van der Waals surface area (Å²) >= 11 is 0. The third-order valence-electron chi connectivity index (χ3n) is 3.37. The van der Waals surface area contributed by atoms with Crippen LogP contribution in [0.2, 0.25) is 0 Å². The second-order valence-electron chi connectivity index (χ2n) is 4.43. The van der Waals surface area contributed by atoms with Gasteiger partial charge < -0.3 is 14.6 Å². The van der Waals surface area contributed by atoms with Crippen LogP contribution in [0.15, 0.2) is 21.7 Å². The van der Waals surface area contributed by atoms with Crippen molar-refractivity contribution in [2.24, 2.45) is 0 Å². The number of aromatic nitrogens is 2. The molecule has 0 saturated carbocycles. The Morgan fingerprint density at radius 3 is 2.24 bits per heavy atom. The zero-order chi connectivity index (χ0) is 15.6. The van der Waals surface area contributed by atoms with Crippen LogP contribution < -0.4 is 20.7 Å². The van der Waals surface area contributed by atoms with Crippen molar-refractivity contribution in [1.82, 2.24) is 9.13 Å². The van der Waals surface area contributed by atoms with Crippen molar-refractivity contribution in [2.75, 3.05) is 20.8 Å². The van der Waals surface area contributed by atoms with Crippen molar-refractivity contribution in [3.8, 4) is 11.5 Å². The van der Waals surface area contributed by atoms with Crippen LogP contribution in [-0.4, -0.2) is 35.1 Å². The maximum Gasteiger partial charge on any atom is 0.331 e. The van der Waals surface area contributed by atoms with Crippen molar-refractivity contribution < 1.29 is 14.6 Å². The number of hydrogen-bond acceptors (Lipinski definition) is 5. The smallest absolute Gasteiger partial charge is 0.331 e. The Morgan fingerprint density at radius 1 is 1.10 bits per heavy atom. The molecule has 0 bridgehead atoms. The number of nitrogens with zero attached hydrogens (tertiary/aromatic N) is 2. The molecule has 1 N–H and O–H groups in total. The first kappa shape index (κ1) is 15.1. The van der Waals surface area contributed by atoms with Crippen molar-refractivity contribution in [3.05, 3.63) is 33.0 Å². The summed E-state index contributed by atoms with van der Waals surface area (Å²) in [4.78, 5) is 24.7. The molecule has 0 amide bonds. The van der Waals surface area contributed by atoms with E-state index in [4.69, 9.17) is 14.6 Å². The summed E-state index contributed by atoms with van der Waals surface area (Å²) in [6.45, 7) is 1.89. The molecule has 0 aliphatic rings. The minimum Gasteiger partial charge on any atom is -0.493 e. The molecule has 0 aliphatic heterocycles. The van der Waals surface area contributed by atoms with Gasteiger partial charge in [0.25, 0.3) is 5.56 Å². The number of aliphatic hydroxyl groups is 1. The Kier molecular flexibility index (Phi) is 4.32. The fourth-order valence-corrected chi connectivity index (χ4v) is 2.35. The first-order chi connectivity index (χ1) is 10.1. The number of methoxy groups -OCH3 is 2. The van der Waals surface area contributed by atoms with Crippen LogP contribution in [0.1, 0.15) is 6.92 Å². The van der Waals surface area contributed by atoms with E-state index in [2.05, 4.69) is 0 Å². The Morgan fingerprint density at radius 2 is 1.71 bits per heavy atom. The lowest BCUT2D eigenvalue weighted by atomic mass is 10.2. The van der Waals surface area contributed by atoms with Gasteiger partial charge in [0.1, 0.15) is 0 Å². The van der Waals surface area contributed by atoms with Gasteiger partial charge in [0.05, 0.1) is 38.3 Å². The second kappa shape index (κ2) is 6.01. The molecule has 2 rings (SSSR count). The summed E-state index contributed by atoms with van der Waals surface area (Å²) in [5, 5.41) is 9.38. The SMILES string of the molecule is CCn1c(=O)n(CCO)c(=O)c2cc(OC)c(OC)cc21. The number of aliphatic hydroxyl groups excluding tert-OH is 1. The summed E-state index contributed by atoms with van der Waals surface area (Å²) in [7, 11) is 2.97. The van der Waals surface area contributed by atoms with Gasteiger partial charge >= 0.3 is 5.69 Å². The quantitative estimate of drug-likeness (QED) is 0.851. The number of hydrogen-bond donors (Lipinski definition) is 1. The average Bonchev–Trinajstić information content (AvgIpc) is 2.50. The van der Waals surface area contributed by atoms with E-state index in [1.807, 2.05) is 6.92 Å². The fraction of sp³-hybridized carbons (Fsp3) is 0.429. The van der Waals surface area contributed by atoms with E-state index < -0.39 is 11.2 Å². The molecule has 21 heavy (non-hydrogen) atoms. The highest BCUT2D eigenvalue weighted by molar-refractivity contribution is 5.82. The van der Waals surface area contributed by atoms with Crippen LogP contribution in [0.25, 0.3) is 10.9 Å². The molecular formula is C14H18N2O5. The molecule has 0 fully saturated rings. The monoisotopic (exact) mass is 294 g/mol. The molecule has 0 unspecified atom stereocenters. The Balaban J connectivity index is 2.96. The minimum atomic E-state index is -0.449. The van der Waals surface area contributed by atoms with Gasteiger partial charge in [-0.2, -0.15) is 0 Å². The summed E-state index contributed by atoms with van der Waals surface area (Å²) in [6, 6.07) is 3.17. The van der Waals surface area contributed by atoms with E-state index in [9.17, 15) is 9.59 Å². The molecule has 7 heteroatoms. The predicted molar refractivity (Wildman–Crippen MR) is 78.3 cm³/mol. The summed E-state index contributed by atoms with van der Waals surface area (Å²) in [5.74, 6) is 0.866. The van der Waals surface area contributed by atoms with Crippen molar-refractivity contribution >= 4 is 10.9 Å². The van der Waals surface area contributed by atoms with Crippen LogP contribution in [0.4, 0.5) is 0 Å². The highest BCUT2D eigenvalue weighted by Crippen LogP contribution is 2.30. The molecule has 1 aromatic carbocycles. The Bertz CT molecular complexity index is 775. The molecule has 7 nitrogen and oxygen atoms in total. The van der Waals surface area contributed by atoms with E-state index in [1.165, 1.54) is 18.8 Å². The van der Waals surface area contributed by atoms with Crippen LogP contribution in [-0.2, 0) is 13.1 Å². The standard InChI is InChI=1S/C14H18N2O5/c1-4-15-10-8-12(21-3)11(20-2)7-9(10)13(18)16(5-6-17)14(15)19/h7-8,17H,4-6H2,1-3H3. The molecule has 0 radical (unpaired) electrons. The van der Waals surface area contributed by atoms with Gasteiger partial charge in [-0.15, -0.1) is 0 Å². The number of benzene rings is 1. The van der Waals surface area contributed by atoms with E-state index in [-0.39, 0.29) is 13.2 Å². The van der Waals surface area contributed by atoms with Gasteiger partial charge in [-0.3, -0.25) is 13.9 Å². The lowest BCUT2D eigenvalue weighted by Gasteiger charge is -2.14. The molecule has 0 aliphatic carbocycles. The first-order valence-electron chi connectivity index (χ1n) is 6.59. The van der Waals surface area contributed by atoms with Gasteiger partial charge in [0.15, 0.2) is 11.5 Å².